The lowest BCUT2D eigenvalue weighted by molar-refractivity contribution is 0.143. The first-order valence-electron chi connectivity index (χ1n) is 9.04. The second kappa shape index (κ2) is 15.4. The van der Waals surface area contributed by atoms with Crippen molar-refractivity contribution in [3.05, 3.63) is 0 Å². The van der Waals surface area contributed by atoms with Crippen LogP contribution in [0.15, 0.2) is 4.99 Å². The third-order valence-corrected chi connectivity index (χ3v) is 4.44. The molecule has 0 aromatic carbocycles. The molecule has 0 aromatic rings. The lowest BCUT2D eigenvalue weighted by Crippen LogP contribution is -2.39. The fourth-order valence-electron chi connectivity index (χ4n) is 2.89. The minimum Gasteiger partial charge on any atom is -0.382 e. The molecule has 0 amide bonds. The van der Waals surface area contributed by atoms with Crippen molar-refractivity contribution in [1.82, 2.24) is 15.5 Å². The van der Waals surface area contributed by atoms with Crippen molar-refractivity contribution in [3.63, 3.8) is 0 Å². The van der Waals surface area contributed by atoms with E-state index < -0.39 is 0 Å². The van der Waals surface area contributed by atoms with Gasteiger partial charge >= 0.3 is 0 Å². The predicted molar refractivity (Wildman–Crippen MR) is 110 cm³/mol. The molecule has 1 aliphatic rings. The van der Waals surface area contributed by atoms with Gasteiger partial charge in [-0.1, -0.05) is 6.92 Å². The van der Waals surface area contributed by atoms with E-state index in [1.807, 2.05) is 14.0 Å². The highest BCUT2D eigenvalue weighted by Crippen LogP contribution is 2.19. The van der Waals surface area contributed by atoms with Gasteiger partial charge in [-0.25, -0.2) is 0 Å². The summed E-state index contributed by atoms with van der Waals surface area (Å²) < 4.78 is 5.34. The molecule has 1 rings (SSSR count). The minimum atomic E-state index is 0. The standard InChI is InChI=1S/C17H36N4O.HI/c1-4-21-13-9-16(10-14-21)8-12-20-17(18-3)19-11-6-7-15-22-5-2;/h16H,4-15H2,1-3H3,(H2,18,19,20);1H. The number of halogens is 1. The number of piperidine rings is 1. The van der Waals surface area contributed by atoms with Gasteiger partial charge in [-0.05, 0) is 64.6 Å². The SMILES string of the molecule is CCOCCCCNC(=NC)NCCC1CCN(CC)CC1.I. The Kier molecular flexibility index (Phi) is 15.4. The Bertz CT molecular complexity index is 294. The molecule has 0 aromatic heterocycles. The van der Waals surface area contributed by atoms with Gasteiger partial charge in [0.05, 0.1) is 0 Å². The van der Waals surface area contributed by atoms with E-state index in [1.54, 1.807) is 0 Å². The molecule has 5 nitrogen and oxygen atoms in total. The first kappa shape index (κ1) is 22.9. The number of nitrogens with one attached hydrogen (secondary N) is 2. The minimum absolute atomic E-state index is 0. The van der Waals surface area contributed by atoms with Crippen LogP contribution in [0, 0.1) is 5.92 Å². The van der Waals surface area contributed by atoms with Crippen LogP contribution in [0.2, 0.25) is 0 Å². The highest BCUT2D eigenvalue weighted by molar-refractivity contribution is 14.0. The topological polar surface area (TPSA) is 48.9 Å². The molecule has 0 unspecified atom stereocenters. The lowest BCUT2D eigenvalue weighted by Gasteiger charge is -2.31. The Morgan fingerprint density at radius 2 is 1.83 bits per heavy atom. The van der Waals surface area contributed by atoms with E-state index in [0.717, 1.165) is 51.0 Å². The van der Waals surface area contributed by atoms with Crippen LogP contribution in [0.25, 0.3) is 0 Å². The van der Waals surface area contributed by atoms with Crippen molar-refractivity contribution in [1.29, 1.82) is 0 Å². The molecule has 6 heteroatoms. The average Bonchev–Trinajstić information content (AvgIpc) is 2.57. The van der Waals surface area contributed by atoms with E-state index in [-0.39, 0.29) is 24.0 Å². The van der Waals surface area contributed by atoms with Crippen molar-refractivity contribution in [3.8, 4) is 0 Å². The zero-order valence-corrected chi connectivity index (χ0v) is 17.6. The van der Waals surface area contributed by atoms with E-state index in [1.165, 1.54) is 38.9 Å². The molecule has 1 aliphatic heterocycles. The largest absolute Gasteiger partial charge is 0.382 e. The maximum atomic E-state index is 5.34. The van der Waals surface area contributed by atoms with Crippen LogP contribution in [-0.2, 0) is 4.74 Å². The fraction of sp³-hybridized carbons (Fsp3) is 0.941. The van der Waals surface area contributed by atoms with Gasteiger partial charge in [-0.15, -0.1) is 24.0 Å². The maximum absolute atomic E-state index is 5.34. The molecule has 0 atom stereocenters. The summed E-state index contributed by atoms with van der Waals surface area (Å²) in [5, 5.41) is 6.81. The Morgan fingerprint density at radius 3 is 2.43 bits per heavy atom. The second-order valence-corrected chi connectivity index (χ2v) is 6.00. The van der Waals surface area contributed by atoms with Gasteiger partial charge in [0.15, 0.2) is 5.96 Å². The highest BCUT2D eigenvalue weighted by Gasteiger charge is 2.17. The summed E-state index contributed by atoms with van der Waals surface area (Å²) in [5.74, 6) is 1.81. The Morgan fingerprint density at radius 1 is 1.13 bits per heavy atom. The molecular formula is C17H37IN4O. The molecule has 0 aliphatic carbocycles. The van der Waals surface area contributed by atoms with Crippen LogP contribution in [0.3, 0.4) is 0 Å². The monoisotopic (exact) mass is 440 g/mol. The molecule has 0 radical (unpaired) electrons. The molecule has 1 saturated heterocycles. The molecule has 0 spiro atoms. The zero-order valence-electron chi connectivity index (χ0n) is 15.3. The summed E-state index contributed by atoms with van der Waals surface area (Å²) in [4.78, 5) is 6.83. The first-order chi connectivity index (χ1) is 10.8. The summed E-state index contributed by atoms with van der Waals surface area (Å²) in [7, 11) is 1.84. The van der Waals surface area contributed by atoms with Crippen molar-refractivity contribution in [2.75, 3.05) is 53.0 Å². The van der Waals surface area contributed by atoms with E-state index >= 15 is 0 Å². The molecular weight excluding hydrogens is 403 g/mol. The molecule has 2 N–H and O–H groups in total. The van der Waals surface area contributed by atoms with Gasteiger partial charge in [0.1, 0.15) is 0 Å². The van der Waals surface area contributed by atoms with Gasteiger partial charge in [0.25, 0.3) is 0 Å². The van der Waals surface area contributed by atoms with E-state index in [2.05, 4.69) is 27.4 Å². The quantitative estimate of drug-likeness (QED) is 0.237. The summed E-state index contributed by atoms with van der Waals surface area (Å²) in [5.41, 5.74) is 0. The average molecular weight is 440 g/mol. The number of likely N-dealkylation sites (tertiary alicyclic amines) is 1. The zero-order chi connectivity index (χ0) is 16.0. The smallest absolute Gasteiger partial charge is 0.190 e. The van der Waals surface area contributed by atoms with Crippen LogP contribution >= 0.6 is 24.0 Å². The number of unbranched alkanes of at least 4 members (excludes halogenated alkanes) is 1. The van der Waals surface area contributed by atoms with Gasteiger partial charge in [0.2, 0.25) is 0 Å². The first-order valence-corrected chi connectivity index (χ1v) is 9.04. The summed E-state index contributed by atoms with van der Waals surface area (Å²) in [6.07, 6.45) is 6.17. The number of nitrogens with zero attached hydrogens (tertiary/aromatic N) is 2. The van der Waals surface area contributed by atoms with Gasteiger partial charge in [-0.3, -0.25) is 4.99 Å². The second-order valence-electron chi connectivity index (χ2n) is 6.00. The van der Waals surface area contributed by atoms with Crippen LogP contribution in [-0.4, -0.2) is 63.8 Å². The van der Waals surface area contributed by atoms with E-state index in [0.29, 0.717) is 0 Å². The number of rotatable bonds is 10. The third kappa shape index (κ3) is 11.2. The van der Waals surface area contributed by atoms with Crippen molar-refractivity contribution >= 4 is 29.9 Å². The molecule has 138 valence electrons. The van der Waals surface area contributed by atoms with Crippen LogP contribution < -0.4 is 10.6 Å². The van der Waals surface area contributed by atoms with Crippen molar-refractivity contribution < 1.29 is 4.74 Å². The summed E-state index contributed by atoms with van der Waals surface area (Å²) >= 11 is 0. The number of hydrogen-bond acceptors (Lipinski definition) is 3. The van der Waals surface area contributed by atoms with Crippen LogP contribution in [0.4, 0.5) is 0 Å². The Labute approximate surface area is 160 Å². The van der Waals surface area contributed by atoms with Gasteiger partial charge < -0.3 is 20.3 Å². The number of aliphatic imine (C=N–C) groups is 1. The summed E-state index contributed by atoms with van der Waals surface area (Å²) in [6, 6.07) is 0. The maximum Gasteiger partial charge on any atom is 0.190 e. The van der Waals surface area contributed by atoms with Gasteiger partial charge in [-0.2, -0.15) is 0 Å². The molecule has 0 bridgehead atoms. The number of ether oxygens (including phenoxy) is 1. The molecule has 0 saturated carbocycles. The van der Waals surface area contributed by atoms with E-state index in [9.17, 15) is 0 Å². The lowest BCUT2D eigenvalue weighted by atomic mass is 9.93. The number of hydrogen-bond donors (Lipinski definition) is 2. The predicted octanol–water partition coefficient (Wildman–Crippen LogP) is 2.71. The van der Waals surface area contributed by atoms with E-state index in [4.69, 9.17) is 4.74 Å². The van der Waals surface area contributed by atoms with Crippen LogP contribution in [0.1, 0.15) is 46.0 Å². The molecule has 1 heterocycles. The third-order valence-electron chi connectivity index (χ3n) is 4.44. The highest BCUT2D eigenvalue weighted by atomic mass is 127. The van der Waals surface area contributed by atoms with Crippen molar-refractivity contribution in [2.45, 2.75) is 46.0 Å². The van der Waals surface area contributed by atoms with Crippen molar-refractivity contribution in [2.24, 2.45) is 10.9 Å². The molecule has 1 fully saturated rings. The summed E-state index contributed by atoms with van der Waals surface area (Å²) in [6.45, 7) is 11.7. The van der Waals surface area contributed by atoms with Gasteiger partial charge in [0, 0.05) is 33.4 Å². The fourth-order valence-corrected chi connectivity index (χ4v) is 2.89. The van der Waals surface area contributed by atoms with Crippen LogP contribution in [0.5, 0.6) is 0 Å². The normalized spacial score (nSPS) is 16.9. The Hall–Kier alpha value is -0.0800. The number of guanidine groups is 1. The molecule has 23 heavy (non-hydrogen) atoms. The Balaban J connectivity index is 0.00000484.